The molecule has 434 valence electrons. The molecule has 2 aromatic rings. The van der Waals surface area contributed by atoms with E-state index in [0.29, 0.717) is 54.9 Å². The van der Waals surface area contributed by atoms with Gasteiger partial charge in [0.25, 0.3) is 0 Å². The minimum Gasteiger partial charge on any atom is -0.504 e. The molecule has 2 spiro atoms. The van der Waals surface area contributed by atoms with Crippen LogP contribution in [0, 0.1) is 75.9 Å². The third-order valence-electron chi connectivity index (χ3n) is 21.3. The van der Waals surface area contributed by atoms with Gasteiger partial charge in [0.05, 0.1) is 25.4 Å². The molecule has 2 aliphatic heterocycles. The van der Waals surface area contributed by atoms with E-state index in [0.717, 1.165) is 36.0 Å². The maximum atomic E-state index is 15.3. The van der Waals surface area contributed by atoms with Gasteiger partial charge in [-0.1, -0.05) is 113 Å². The number of ether oxygens (including phenoxy) is 4. The van der Waals surface area contributed by atoms with Crippen molar-refractivity contribution in [1.29, 1.82) is 0 Å². The van der Waals surface area contributed by atoms with E-state index in [1.54, 1.807) is 31.2 Å². The number of aryl methyl sites for hydroxylation is 1. The maximum absolute atomic E-state index is 15.3. The van der Waals surface area contributed by atoms with Crippen LogP contribution in [0.4, 0.5) is 0 Å². The summed E-state index contributed by atoms with van der Waals surface area (Å²) in [6.07, 6.45) is 17.2. The van der Waals surface area contributed by atoms with E-state index in [2.05, 4.69) is 63.4 Å². The number of methoxy groups -OCH3 is 1. The van der Waals surface area contributed by atoms with Crippen LogP contribution in [0.15, 0.2) is 90.1 Å². The van der Waals surface area contributed by atoms with E-state index in [1.165, 1.54) is 37.7 Å². The lowest BCUT2D eigenvalue weighted by Gasteiger charge is -2.74. The zero-order valence-electron chi connectivity index (χ0n) is 47.5. The largest absolute Gasteiger partial charge is 0.504 e. The Labute approximate surface area is 472 Å². The second kappa shape index (κ2) is 22.5. The first-order valence-corrected chi connectivity index (χ1v) is 30.1. The van der Waals surface area contributed by atoms with Crippen molar-refractivity contribution in [1.82, 2.24) is 5.32 Å². The first kappa shape index (κ1) is 57.2. The van der Waals surface area contributed by atoms with Crippen molar-refractivity contribution in [2.24, 2.45) is 75.9 Å². The number of nitrogens with one attached hydrogen (secondary N) is 1. The number of benzene rings is 2. The minimum absolute atomic E-state index is 0.0241. The van der Waals surface area contributed by atoms with E-state index in [-0.39, 0.29) is 102 Å². The van der Waals surface area contributed by atoms with Gasteiger partial charge in [0, 0.05) is 54.4 Å². The highest BCUT2D eigenvalue weighted by molar-refractivity contribution is 5.94. The van der Waals surface area contributed by atoms with Crippen molar-refractivity contribution >= 4 is 18.0 Å². The number of esters is 2. The summed E-state index contributed by atoms with van der Waals surface area (Å²) in [7, 11) is 1.42. The van der Waals surface area contributed by atoms with Crippen molar-refractivity contribution in [3.63, 3.8) is 0 Å². The van der Waals surface area contributed by atoms with Crippen molar-refractivity contribution in [2.75, 3.05) is 26.9 Å². The van der Waals surface area contributed by atoms with Gasteiger partial charge in [0.1, 0.15) is 12.2 Å². The number of aromatic hydroxyl groups is 1. The first-order chi connectivity index (χ1) is 38.3. The average Bonchev–Trinajstić information content (AvgIpc) is 1.69. The van der Waals surface area contributed by atoms with E-state index < -0.39 is 65.8 Å². The van der Waals surface area contributed by atoms with Crippen LogP contribution in [0.25, 0.3) is 6.08 Å². The van der Waals surface area contributed by atoms with Crippen LogP contribution in [-0.2, 0) is 36.6 Å². The number of aliphatic hydroxyl groups excluding tert-OH is 5. The van der Waals surface area contributed by atoms with Gasteiger partial charge in [0.2, 0.25) is 5.79 Å². The summed E-state index contributed by atoms with van der Waals surface area (Å²) < 4.78 is 24.6. The Hall–Kier alpha value is -4.64. The fourth-order valence-corrected chi connectivity index (χ4v) is 18.0. The van der Waals surface area contributed by atoms with E-state index in [9.17, 15) is 35.7 Å². The molecule has 21 atom stereocenters. The number of phenols is 1. The van der Waals surface area contributed by atoms with Crippen LogP contribution in [0.2, 0.25) is 0 Å². The fourth-order valence-electron chi connectivity index (χ4n) is 18.0. The molecular weight excluding hydrogens is 1010 g/mol. The molecule has 3 saturated carbocycles. The van der Waals surface area contributed by atoms with Gasteiger partial charge in [-0.3, -0.25) is 4.79 Å². The van der Waals surface area contributed by atoms with Crippen LogP contribution in [0.5, 0.6) is 11.5 Å². The Morgan fingerprint density at radius 3 is 2.50 bits per heavy atom. The van der Waals surface area contributed by atoms with Gasteiger partial charge in [-0.15, -0.1) is 0 Å². The highest BCUT2D eigenvalue weighted by Gasteiger charge is 2.74. The van der Waals surface area contributed by atoms with Crippen LogP contribution in [0.1, 0.15) is 121 Å². The van der Waals surface area contributed by atoms with Gasteiger partial charge >= 0.3 is 11.9 Å². The Kier molecular flexibility index (Phi) is 16.1. The molecule has 13 rings (SSSR count). The molecule has 1 saturated heterocycles. The summed E-state index contributed by atoms with van der Waals surface area (Å²) in [5.74, 6) is -2.13. The summed E-state index contributed by atoms with van der Waals surface area (Å²) in [6.45, 7) is 10.8. The van der Waals surface area contributed by atoms with Gasteiger partial charge in [-0.05, 0) is 158 Å². The quantitative estimate of drug-likeness (QED) is 0.0408. The molecule has 2 heterocycles. The van der Waals surface area contributed by atoms with Crippen molar-refractivity contribution in [3.05, 3.63) is 112 Å². The SMILES string of the molecule is COc1cc(/C=C(\C[C@@H]2c3cc(CCO)ccc3CC[C@H]2CO)C(=O)O[C@@H]2[C@H](OC(=O)CC[C@@H]3[C@H]4C=C[C@@]56C[C@H]7CCC[C@H](C)[C@@H]7[C@H]7C=C[C@@]35[C@@H](C(CC(C)C)=C[C@H]6[C@H]4C)[C@H]7O)[C@@H](O)[C@H]3O[C@]2(O)C=C[C@H]3NC[C@H](C)O)ccc1O. The molecule has 0 unspecified atom stereocenters. The molecule has 14 nitrogen and oxygen atoms in total. The highest BCUT2D eigenvalue weighted by Crippen LogP contribution is 2.78. The number of fused-ring (bicyclic) bond motifs is 3. The summed E-state index contributed by atoms with van der Waals surface area (Å²) in [5.41, 5.74) is 4.17. The number of hydrogen-bond acceptors (Lipinski definition) is 14. The van der Waals surface area contributed by atoms with Crippen LogP contribution >= 0.6 is 0 Å². The fraction of sp³-hybridized carbons (Fsp3) is 0.636. The normalized spacial score (nSPS) is 40.3. The second-order valence-corrected chi connectivity index (χ2v) is 26.3. The van der Waals surface area contributed by atoms with Crippen LogP contribution in [-0.4, -0.2) is 123 Å². The third-order valence-corrected chi connectivity index (χ3v) is 21.3. The number of carbonyl (C=O) groups is 2. The van der Waals surface area contributed by atoms with Crippen LogP contribution in [0.3, 0.4) is 0 Å². The number of aliphatic hydroxyl groups is 6. The van der Waals surface area contributed by atoms with E-state index in [1.807, 2.05) is 18.2 Å². The summed E-state index contributed by atoms with van der Waals surface area (Å²) >= 11 is 0. The maximum Gasteiger partial charge on any atom is 0.334 e. The molecule has 9 aliphatic carbocycles. The zero-order valence-corrected chi connectivity index (χ0v) is 47.5. The Morgan fingerprint density at radius 2 is 1.75 bits per heavy atom. The number of phenolic OH excluding ortho intramolecular Hbond substituents is 1. The van der Waals surface area contributed by atoms with Crippen molar-refractivity contribution in [3.8, 4) is 11.5 Å². The molecule has 11 aliphatic rings. The Bertz CT molecular complexity index is 2800. The molecular formula is C66H87NO13. The third kappa shape index (κ3) is 9.76. The molecule has 4 fully saturated rings. The first-order valence-electron chi connectivity index (χ1n) is 30.1. The molecule has 0 radical (unpaired) electrons. The minimum atomic E-state index is -2.38. The van der Waals surface area contributed by atoms with E-state index >= 15 is 9.59 Å². The van der Waals surface area contributed by atoms with Gasteiger partial charge in [-0.2, -0.15) is 0 Å². The highest BCUT2D eigenvalue weighted by atomic mass is 16.7. The molecule has 0 amide bonds. The topological polar surface area (TPSA) is 225 Å². The molecule has 80 heavy (non-hydrogen) atoms. The van der Waals surface area contributed by atoms with Crippen LogP contribution < -0.4 is 10.1 Å². The van der Waals surface area contributed by atoms with Gasteiger partial charge in [0.15, 0.2) is 23.7 Å². The molecule has 8 N–H and O–H groups in total. The Balaban J connectivity index is 0.934. The lowest BCUT2D eigenvalue weighted by molar-refractivity contribution is -0.333. The van der Waals surface area contributed by atoms with E-state index in [4.69, 9.17) is 18.9 Å². The van der Waals surface area contributed by atoms with Gasteiger partial charge in [-0.25, -0.2) is 4.79 Å². The molecule has 14 heteroatoms. The number of allylic oxidation sites excluding steroid dienone is 4. The summed E-state index contributed by atoms with van der Waals surface area (Å²) in [4.78, 5) is 30.3. The Morgan fingerprint density at radius 1 is 0.950 bits per heavy atom. The number of hydrogen-bond donors (Lipinski definition) is 8. The molecule has 8 bridgehead atoms. The predicted octanol–water partition coefficient (Wildman–Crippen LogP) is 7.65. The predicted molar refractivity (Wildman–Crippen MR) is 301 cm³/mol. The average molecular weight is 1100 g/mol. The van der Waals surface area contributed by atoms with Crippen molar-refractivity contribution in [2.45, 2.75) is 160 Å². The van der Waals surface area contributed by atoms with Crippen molar-refractivity contribution < 1.29 is 64.3 Å². The molecule has 2 aromatic carbocycles. The number of rotatable bonds is 18. The lowest BCUT2D eigenvalue weighted by Crippen LogP contribution is -2.71. The zero-order chi connectivity index (χ0) is 56.6. The lowest BCUT2D eigenvalue weighted by atomic mass is 9.29. The monoisotopic (exact) mass is 1100 g/mol. The molecule has 0 aromatic heterocycles. The summed E-state index contributed by atoms with van der Waals surface area (Å²) in [6, 6.07) is 9.96. The number of carbonyl (C=O) groups excluding carboxylic acids is 2. The summed E-state index contributed by atoms with van der Waals surface area (Å²) in [5, 5.41) is 82.9. The second-order valence-electron chi connectivity index (χ2n) is 26.3. The van der Waals surface area contributed by atoms with Gasteiger partial charge < -0.3 is 60.0 Å². The smallest absolute Gasteiger partial charge is 0.334 e. The standard InChI is InChI=1S/C66H87NO13/c1-35(2)26-44-31-51-38(5)46-18-22-64(51)32-42-9-7-8-36(3)56(42)47-19-23-65(64,57(44)58(47)73)50(46)15-17-55(72)78-61-59(74)60-52(67-33-37(4)70)20-24-66(76,80-60)62(61)79-63(75)45(27-40-11-16-53(71)54(29-40)77-6)30-49-43(34-69)14-13-41-12-10-39(21-25-68)28-48(41)49/h10-12,16,18-20,22-24,27-29,31,35-38,42-43,46-47,49-52,56-62,67-71,73-74,76H,7-9,13-15,17,21,25-26,30,32-34H2,1-6H3/b45-27+/t36-,37-,38-,42+,43-,46-,47+,49-,50+,51-,52+,56-,57-,58-,59-,60-,61+,62+,64-,65-,66+/m0/s1.